The van der Waals surface area contributed by atoms with Crippen LogP contribution in [0.2, 0.25) is 0 Å². The number of hydrogen-bond acceptors (Lipinski definition) is 3. The highest BCUT2D eigenvalue weighted by molar-refractivity contribution is 6.51. The van der Waals surface area contributed by atoms with Crippen LogP contribution in [0.1, 0.15) is 25.0 Å². The predicted molar refractivity (Wildman–Crippen MR) is 157 cm³/mol. The Bertz CT molecular complexity index is 1580. The van der Waals surface area contributed by atoms with Crippen molar-refractivity contribution in [1.82, 2.24) is 0 Å². The molecular weight excluding hydrogens is 451 g/mol. The number of anilines is 3. The lowest BCUT2D eigenvalue weighted by Gasteiger charge is -2.28. The fourth-order valence-corrected chi connectivity index (χ4v) is 5.54. The third-order valence-corrected chi connectivity index (χ3v) is 7.50. The predicted octanol–water partition coefficient (Wildman–Crippen LogP) is 7.87. The quantitative estimate of drug-likeness (QED) is 0.184. The van der Waals surface area contributed by atoms with Gasteiger partial charge in [-0.25, -0.2) is 0 Å². The van der Waals surface area contributed by atoms with Crippen molar-refractivity contribution >= 4 is 29.9 Å². The van der Waals surface area contributed by atoms with Crippen LogP contribution in [-0.4, -0.2) is 7.41 Å². The Hall–Kier alpha value is -4.44. The average Bonchev–Trinajstić information content (AvgIpc) is 3.17. The smallest absolute Gasteiger partial charge is 0.310 e. The Morgan fingerprint density at radius 1 is 0.595 bits per heavy atom. The third-order valence-electron chi connectivity index (χ3n) is 7.50. The van der Waals surface area contributed by atoms with Gasteiger partial charge in [0.1, 0.15) is 0 Å². The van der Waals surface area contributed by atoms with E-state index in [0.29, 0.717) is 0 Å². The maximum Gasteiger partial charge on any atom is 0.352 e. The second-order valence-electron chi connectivity index (χ2n) is 10.1. The van der Waals surface area contributed by atoms with Crippen molar-refractivity contribution in [3.05, 3.63) is 137 Å². The molecule has 0 radical (unpaired) electrons. The van der Waals surface area contributed by atoms with E-state index in [-0.39, 0.29) is 12.8 Å². The lowest BCUT2D eigenvalue weighted by atomic mass is 9.82. The van der Waals surface area contributed by atoms with Crippen molar-refractivity contribution in [2.45, 2.75) is 19.3 Å². The zero-order valence-corrected chi connectivity index (χ0v) is 21.1. The van der Waals surface area contributed by atoms with Crippen LogP contribution in [0.4, 0.5) is 17.1 Å². The highest BCUT2D eigenvalue weighted by Crippen LogP contribution is 2.50. The molecule has 3 nitrogen and oxygen atoms in total. The molecule has 1 aliphatic carbocycles. The van der Waals surface area contributed by atoms with E-state index in [1.54, 1.807) is 0 Å². The average molecular weight is 478 g/mol. The van der Waals surface area contributed by atoms with Gasteiger partial charge < -0.3 is 4.90 Å². The van der Waals surface area contributed by atoms with Gasteiger partial charge in [0.25, 0.3) is 0 Å². The number of hydrogen-bond donors (Lipinski definition) is 0. The third kappa shape index (κ3) is 4.05. The minimum Gasteiger partial charge on any atom is -0.310 e. The largest absolute Gasteiger partial charge is 0.352 e. The molecular formula is C33H27BN2O. The molecule has 6 rings (SSSR count). The van der Waals surface area contributed by atoms with Crippen LogP contribution in [0.5, 0.6) is 0 Å². The van der Waals surface area contributed by atoms with E-state index in [1.807, 2.05) is 18.2 Å². The minimum absolute atomic E-state index is 0.0791. The molecule has 0 saturated heterocycles. The summed E-state index contributed by atoms with van der Waals surface area (Å²) in [7, 11) is 0.178. The summed E-state index contributed by atoms with van der Waals surface area (Å²) in [6.07, 6.45) is 0. The van der Waals surface area contributed by atoms with Crippen molar-refractivity contribution in [1.29, 1.82) is 0 Å². The van der Waals surface area contributed by atoms with E-state index >= 15 is 0 Å². The van der Waals surface area contributed by atoms with Crippen LogP contribution in [-0.2, 0) is 5.41 Å². The van der Waals surface area contributed by atoms with E-state index in [0.717, 1.165) is 22.5 Å². The van der Waals surface area contributed by atoms with Crippen LogP contribution < -0.4 is 10.4 Å². The normalized spacial score (nSPS) is 12.9. The lowest BCUT2D eigenvalue weighted by molar-refractivity contribution is 0.660. The Labute approximate surface area is 218 Å². The SMILES string of the molecule is CC1(C)c2ccccc2-c2ccc(N(c3ccc(BN=O)cc3)c3ccc(-c4ccccc4)cc3)cc21. The summed E-state index contributed by atoms with van der Waals surface area (Å²) in [6, 6.07) is 42.8. The van der Waals surface area contributed by atoms with Gasteiger partial charge in [-0.05, 0) is 69.8 Å². The van der Waals surface area contributed by atoms with Gasteiger partial charge >= 0.3 is 7.41 Å². The Kier molecular flexibility index (Phi) is 5.73. The number of fused-ring (bicyclic) bond motifs is 3. The fourth-order valence-electron chi connectivity index (χ4n) is 5.54. The molecule has 4 heteroatoms. The van der Waals surface area contributed by atoms with Crippen molar-refractivity contribution < 1.29 is 0 Å². The van der Waals surface area contributed by atoms with Crippen molar-refractivity contribution in [3.63, 3.8) is 0 Å². The molecule has 5 aromatic carbocycles. The summed E-state index contributed by atoms with van der Waals surface area (Å²) in [5.74, 6) is 0. The fraction of sp³-hybridized carbons (Fsp3) is 0.0909. The van der Waals surface area contributed by atoms with E-state index in [9.17, 15) is 4.91 Å². The summed E-state index contributed by atoms with van der Waals surface area (Å²) in [5.41, 5.74) is 11.7. The highest BCUT2D eigenvalue weighted by Gasteiger charge is 2.35. The molecule has 0 heterocycles. The molecule has 0 bridgehead atoms. The Morgan fingerprint density at radius 3 is 1.86 bits per heavy atom. The van der Waals surface area contributed by atoms with E-state index < -0.39 is 0 Å². The molecule has 0 saturated carbocycles. The molecule has 0 atom stereocenters. The molecule has 178 valence electrons. The summed E-state index contributed by atoms with van der Waals surface area (Å²) >= 11 is 0. The van der Waals surface area contributed by atoms with Crippen LogP contribution in [0.25, 0.3) is 22.3 Å². The summed E-state index contributed by atoms with van der Waals surface area (Å²) < 4.78 is 0. The topological polar surface area (TPSA) is 32.7 Å². The molecule has 5 aromatic rings. The zero-order chi connectivity index (χ0) is 25.4. The number of nitroso groups, excluding NO2 is 1. The highest BCUT2D eigenvalue weighted by atomic mass is 16.2. The molecule has 1 aliphatic rings. The zero-order valence-electron chi connectivity index (χ0n) is 21.1. The van der Waals surface area contributed by atoms with Gasteiger partial charge in [-0.1, -0.05) is 104 Å². The van der Waals surface area contributed by atoms with Crippen molar-refractivity contribution in [2.24, 2.45) is 5.09 Å². The molecule has 0 spiro atoms. The van der Waals surface area contributed by atoms with E-state index in [1.165, 1.54) is 33.4 Å². The first-order valence-electron chi connectivity index (χ1n) is 12.6. The molecule has 0 fully saturated rings. The molecule has 0 aliphatic heterocycles. The van der Waals surface area contributed by atoms with Crippen LogP contribution in [0, 0.1) is 4.91 Å². The molecule has 37 heavy (non-hydrogen) atoms. The number of benzene rings is 5. The van der Waals surface area contributed by atoms with Gasteiger partial charge in [0, 0.05) is 22.5 Å². The van der Waals surface area contributed by atoms with Gasteiger partial charge in [0.05, 0.1) is 0 Å². The van der Waals surface area contributed by atoms with E-state index in [2.05, 4.69) is 127 Å². The van der Waals surface area contributed by atoms with E-state index in [4.69, 9.17) is 0 Å². The lowest BCUT2D eigenvalue weighted by Crippen LogP contribution is -2.17. The Balaban J connectivity index is 1.46. The second kappa shape index (κ2) is 9.22. The molecule has 0 aromatic heterocycles. The number of nitrogens with zero attached hydrogens (tertiary/aromatic N) is 2. The van der Waals surface area contributed by atoms with Gasteiger partial charge in [0.15, 0.2) is 0 Å². The van der Waals surface area contributed by atoms with Crippen LogP contribution in [0.3, 0.4) is 0 Å². The first kappa shape index (κ1) is 23.0. The summed E-state index contributed by atoms with van der Waals surface area (Å²) in [4.78, 5) is 13.1. The van der Waals surface area contributed by atoms with Gasteiger partial charge in [-0.15, -0.1) is 5.09 Å². The van der Waals surface area contributed by atoms with Crippen molar-refractivity contribution in [2.75, 3.05) is 4.90 Å². The maximum atomic E-state index is 10.8. The monoisotopic (exact) mass is 478 g/mol. The minimum atomic E-state index is -0.0791. The molecule has 0 N–H and O–H groups in total. The van der Waals surface area contributed by atoms with Crippen molar-refractivity contribution in [3.8, 4) is 22.3 Å². The van der Waals surface area contributed by atoms with Gasteiger partial charge in [0.2, 0.25) is 0 Å². The van der Waals surface area contributed by atoms with Crippen LogP contribution in [0.15, 0.2) is 126 Å². The summed E-state index contributed by atoms with van der Waals surface area (Å²) in [5, 5.41) is 3.05. The second-order valence-corrected chi connectivity index (χ2v) is 10.1. The van der Waals surface area contributed by atoms with Gasteiger partial charge in [-0.3, -0.25) is 0 Å². The molecule has 0 unspecified atom stereocenters. The Morgan fingerprint density at radius 2 is 1.16 bits per heavy atom. The van der Waals surface area contributed by atoms with Gasteiger partial charge in [-0.2, -0.15) is 4.91 Å². The summed E-state index contributed by atoms with van der Waals surface area (Å²) in [6.45, 7) is 4.61. The first-order chi connectivity index (χ1) is 18.1. The molecule has 0 amide bonds. The maximum absolute atomic E-state index is 10.8. The number of rotatable bonds is 6. The first-order valence-corrected chi connectivity index (χ1v) is 12.6. The standard InChI is InChI=1S/C33H27BN2O/c1-33(2)31-11-7-6-10-29(31)30-21-20-28(22-32(30)33)36(27-18-14-25(15-19-27)34-35-37)26-16-12-24(13-17-26)23-8-4-3-5-9-23/h3-22,34H,1-2H3. The van der Waals surface area contributed by atoms with Crippen LogP contribution >= 0.6 is 0 Å².